The third kappa shape index (κ3) is 4.51. The summed E-state index contributed by atoms with van der Waals surface area (Å²) in [5.41, 5.74) is 1.41. The number of aryl methyl sites for hydroxylation is 1. The molecule has 2 aromatic rings. The minimum absolute atomic E-state index is 0.0210. The van der Waals surface area contributed by atoms with Gasteiger partial charge in [0.25, 0.3) is 0 Å². The van der Waals surface area contributed by atoms with Crippen molar-refractivity contribution in [1.29, 1.82) is 0 Å². The van der Waals surface area contributed by atoms with Gasteiger partial charge in [-0.25, -0.2) is 9.37 Å². The number of rotatable bonds is 3. The van der Waals surface area contributed by atoms with Crippen LogP contribution in [0.25, 0.3) is 0 Å². The topological polar surface area (TPSA) is 54.7 Å². The van der Waals surface area contributed by atoms with Crippen LogP contribution in [0.4, 0.5) is 4.39 Å². The standard InChI is InChI=1S/C17H18BrFN2O2/c1-10-5-8-14(22)16(20-10)15(21-23-17(2,3)4)11-6-7-13(19)12(18)9-11/h5-9,22H,1-4H3/b21-15-. The van der Waals surface area contributed by atoms with Crippen molar-refractivity contribution in [1.82, 2.24) is 4.98 Å². The molecule has 0 radical (unpaired) electrons. The molecule has 1 aromatic heterocycles. The summed E-state index contributed by atoms with van der Waals surface area (Å²) in [6.45, 7) is 7.39. The highest BCUT2D eigenvalue weighted by molar-refractivity contribution is 9.10. The summed E-state index contributed by atoms with van der Waals surface area (Å²) in [5, 5.41) is 14.3. The Morgan fingerprint density at radius 1 is 1.26 bits per heavy atom. The minimum atomic E-state index is -0.512. The molecule has 1 N–H and O–H groups in total. The largest absolute Gasteiger partial charge is 0.506 e. The van der Waals surface area contributed by atoms with E-state index < -0.39 is 5.60 Å². The average molecular weight is 381 g/mol. The maximum Gasteiger partial charge on any atom is 0.143 e. The minimum Gasteiger partial charge on any atom is -0.506 e. The van der Waals surface area contributed by atoms with Gasteiger partial charge in [-0.15, -0.1) is 0 Å². The zero-order chi connectivity index (χ0) is 17.2. The lowest BCUT2D eigenvalue weighted by Gasteiger charge is -2.17. The predicted molar refractivity (Wildman–Crippen MR) is 91.2 cm³/mol. The first kappa shape index (κ1) is 17.4. The van der Waals surface area contributed by atoms with E-state index in [9.17, 15) is 9.50 Å². The van der Waals surface area contributed by atoms with E-state index in [-0.39, 0.29) is 17.3 Å². The van der Waals surface area contributed by atoms with Crippen molar-refractivity contribution in [3.05, 3.63) is 57.6 Å². The molecular formula is C17H18BrFN2O2. The van der Waals surface area contributed by atoms with Gasteiger partial charge in [-0.2, -0.15) is 0 Å². The van der Waals surface area contributed by atoms with Crippen LogP contribution in [0.2, 0.25) is 0 Å². The van der Waals surface area contributed by atoms with Crippen molar-refractivity contribution in [2.75, 3.05) is 0 Å². The first-order valence-corrected chi connectivity index (χ1v) is 7.85. The van der Waals surface area contributed by atoms with Crippen molar-refractivity contribution < 1.29 is 14.3 Å². The van der Waals surface area contributed by atoms with Crippen LogP contribution in [0.15, 0.2) is 40.0 Å². The van der Waals surface area contributed by atoms with Crippen LogP contribution < -0.4 is 0 Å². The van der Waals surface area contributed by atoms with E-state index in [2.05, 4.69) is 26.1 Å². The monoisotopic (exact) mass is 380 g/mol. The van der Waals surface area contributed by atoms with Gasteiger partial charge < -0.3 is 9.94 Å². The Morgan fingerprint density at radius 2 is 1.96 bits per heavy atom. The van der Waals surface area contributed by atoms with Gasteiger partial charge in [0.05, 0.1) is 4.47 Å². The van der Waals surface area contributed by atoms with E-state index in [1.807, 2.05) is 27.7 Å². The van der Waals surface area contributed by atoms with Crippen LogP contribution in [-0.2, 0) is 4.84 Å². The van der Waals surface area contributed by atoms with E-state index in [4.69, 9.17) is 4.84 Å². The number of pyridine rings is 1. The highest BCUT2D eigenvalue weighted by Gasteiger charge is 2.18. The Bertz CT molecular complexity index is 755. The van der Waals surface area contributed by atoms with Crippen LogP contribution in [0.3, 0.4) is 0 Å². The predicted octanol–water partition coefficient (Wildman–Crippen LogP) is 4.56. The quantitative estimate of drug-likeness (QED) is 0.626. The molecule has 0 unspecified atom stereocenters. The number of hydrogen-bond donors (Lipinski definition) is 1. The van der Waals surface area contributed by atoms with Gasteiger partial charge in [-0.1, -0.05) is 5.16 Å². The average Bonchev–Trinajstić information content (AvgIpc) is 2.45. The molecule has 4 nitrogen and oxygen atoms in total. The zero-order valence-electron chi connectivity index (χ0n) is 13.4. The van der Waals surface area contributed by atoms with E-state index >= 15 is 0 Å². The molecule has 1 heterocycles. The second-order valence-corrected chi connectivity index (χ2v) is 6.95. The Kier molecular flexibility index (Phi) is 5.04. The van der Waals surface area contributed by atoms with Gasteiger partial charge in [0.2, 0.25) is 0 Å². The molecule has 0 saturated heterocycles. The summed E-state index contributed by atoms with van der Waals surface area (Å²) in [6.07, 6.45) is 0. The van der Waals surface area contributed by atoms with Crippen LogP contribution in [0.1, 0.15) is 37.7 Å². The van der Waals surface area contributed by atoms with Crippen molar-refractivity contribution in [3.63, 3.8) is 0 Å². The fourth-order valence-corrected chi connectivity index (χ4v) is 2.16. The van der Waals surface area contributed by atoms with E-state index in [0.717, 1.165) is 5.69 Å². The molecule has 1 aromatic carbocycles. The van der Waals surface area contributed by atoms with Gasteiger partial charge in [0.15, 0.2) is 0 Å². The number of aromatic nitrogens is 1. The van der Waals surface area contributed by atoms with Crippen LogP contribution in [0, 0.1) is 12.7 Å². The zero-order valence-corrected chi connectivity index (χ0v) is 15.0. The van der Waals surface area contributed by atoms with Gasteiger partial charge >= 0.3 is 0 Å². The van der Waals surface area contributed by atoms with Crippen LogP contribution in [-0.4, -0.2) is 21.4 Å². The Balaban J connectivity index is 2.60. The number of oxime groups is 1. The fourth-order valence-electron chi connectivity index (χ4n) is 1.78. The normalized spacial score (nSPS) is 12.3. The van der Waals surface area contributed by atoms with Gasteiger partial charge in [-0.05, 0) is 74.0 Å². The summed E-state index contributed by atoms with van der Waals surface area (Å²) < 4.78 is 13.8. The van der Waals surface area contributed by atoms with Crippen LogP contribution in [0.5, 0.6) is 5.75 Å². The first-order valence-electron chi connectivity index (χ1n) is 7.06. The van der Waals surface area contributed by atoms with Crippen molar-refractivity contribution in [2.45, 2.75) is 33.3 Å². The second-order valence-electron chi connectivity index (χ2n) is 6.09. The lowest BCUT2D eigenvalue weighted by molar-refractivity contribution is 0.00111. The third-order valence-corrected chi connectivity index (χ3v) is 3.45. The summed E-state index contributed by atoms with van der Waals surface area (Å²) in [6, 6.07) is 7.70. The van der Waals surface area contributed by atoms with Gasteiger partial charge in [-0.3, -0.25) is 0 Å². The molecule has 0 bridgehead atoms. The maximum atomic E-state index is 13.5. The van der Waals surface area contributed by atoms with Gasteiger partial charge in [0.1, 0.15) is 28.6 Å². The molecule has 2 rings (SSSR count). The summed E-state index contributed by atoms with van der Waals surface area (Å²) >= 11 is 3.16. The summed E-state index contributed by atoms with van der Waals surface area (Å²) in [7, 11) is 0. The molecular weight excluding hydrogens is 363 g/mol. The molecule has 0 amide bonds. The molecule has 0 spiro atoms. The summed E-state index contributed by atoms with van der Waals surface area (Å²) in [5.74, 6) is -0.404. The Labute approximate surface area is 143 Å². The molecule has 0 atom stereocenters. The molecule has 23 heavy (non-hydrogen) atoms. The fraction of sp³-hybridized carbons (Fsp3) is 0.294. The highest BCUT2D eigenvalue weighted by atomic mass is 79.9. The van der Waals surface area contributed by atoms with Crippen molar-refractivity contribution >= 4 is 21.6 Å². The molecule has 0 saturated carbocycles. The maximum absolute atomic E-state index is 13.5. The van der Waals surface area contributed by atoms with E-state index in [1.165, 1.54) is 6.07 Å². The Hall–Kier alpha value is -1.95. The van der Waals surface area contributed by atoms with Gasteiger partial charge in [0, 0.05) is 11.3 Å². The number of nitrogens with zero attached hydrogens (tertiary/aromatic N) is 2. The highest BCUT2D eigenvalue weighted by Crippen LogP contribution is 2.24. The van der Waals surface area contributed by atoms with Crippen molar-refractivity contribution in [2.24, 2.45) is 5.16 Å². The lowest BCUT2D eigenvalue weighted by atomic mass is 10.1. The number of aromatic hydroxyl groups is 1. The first-order chi connectivity index (χ1) is 10.7. The second kappa shape index (κ2) is 6.66. The molecule has 0 aliphatic heterocycles. The molecule has 0 fully saturated rings. The summed E-state index contributed by atoms with van der Waals surface area (Å²) in [4.78, 5) is 9.83. The van der Waals surface area contributed by atoms with Crippen LogP contribution >= 0.6 is 15.9 Å². The number of benzene rings is 1. The van der Waals surface area contributed by atoms with E-state index in [1.54, 1.807) is 24.3 Å². The van der Waals surface area contributed by atoms with E-state index in [0.29, 0.717) is 15.7 Å². The SMILES string of the molecule is Cc1ccc(O)c(/C(=N\OC(C)(C)C)c2ccc(F)c(Br)c2)n1. The number of hydrogen-bond acceptors (Lipinski definition) is 4. The molecule has 0 aliphatic rings. The lowest BCUT2D eigenvalue weighted by Crippen LogP contribution is -2.18. The Morgan fingerprint density at radius 3 is 2.57 bits per heavy atom. The smallest absolute Gasteiger partial charge is 0.143 e. The number of halogens is 2. The molecule has 0 aliphatic carbocycles. The van der Waals surface area contributed by atoms with Crippen molar-refractivity contribution in [3.8, 4) is 5.75 Å². The third-order valence-electron chi connectivity index (χ3n) is 2.84. The molecule has 6 heteroatoms. The molecule has 122 valence electrons.